The summed E-state index contributed by atoms with van der Waals surface area (Å²) < 4.78 is 80.0. The number of hydrogen-bond acceptors (Lipinski definition) is 32. The van der Waals surface area contributed by atoms with Gasteiger partial charge in [0.1, 0.15) is 65.3 Å². The number of carbonyl (C=O) groups is 9. The van der Waals surface area contributed by atoms with Crippen LogP contribution >= 0.6 is 0 Å². The molecule has 14 rings (SSSR count). The summed E-state index contributed by atoms with van der Waals surface area (Å²) in [5, 5.41) is 112. The monoisotopic (exact) mass is 1660 g/mol. The minimum absolute atomic E-state index is 0.00289. The van der Waals surface area contributed by atoms with E-state index in [4.69, 9.17) is 59.2 Å². The summed E-state index contributed by atoms with van der Waals surface area (Å²) in [6, 6.07) is 27.7. The van der Waals surface area contributed by atoms with Gasteiger partial charge < -0.3 is 110 Å². The number of methoxy groups -OCH3 is 1. The summed E-state index contributed by atoms with van der Waals surface area (Å²) in [6.07, 6.45) is -20.3. The van der Waals surface area contributed by atoms with Gasteiger partial charge in [-0.1, -0.05) is 92.7 Å². The van der Waals surface area contributed by atoms with Crippen molar-refractivity contribution in [3.8, 4) is 17.2 Å². The number of fused-ring (bicyclic) bond motifs is 8. The molecule has 36 heteroatoms. The Hall–Kier alpha value is -10.7. The summed E-state index contributed by atoms with van der Waals surface area (Å²) in [5.41, 5.74) is -0.436. The van der Waals surface area contributed by atoms with Crippen LogP contribution in [0.4, 0.5) is 14.6 Å². The Kier molecular flexibility index (Phi) is 24.6. The number of aromatic nitrogens is 2. The standard InChI is InChI=1S/C47H51NO14.C27H29NO11.C9H11F2N3O4/c1-25-31(60-43(56)36(52)35(28-16-10-7-11-17-28)48-41(54)29-18-12-8-13-19-29)23-47(57)40(61-42(55)30-20-14-9-15-21-30)38-45(6,32(51)22-33-46(38,24-58-33)62-27(3)50)39(53)37(59-26(2)49)34(25)44(47,4)5;1-10-22(31)13(28)6-17(38-10)39-15-8-27(36,16(30)9-29)7-12-19(15)26(35)21-20(24(12)33)23(32)11-4-3-5-14(37-2)18(11)25(21)34;10-9(11)6(16)4(3-15)18-7(9)14-2-1-5(12)13-8(14)17/h7-21,31-33,35-38,40,51-52,57H,22-24H2,1-6H3,(H,48,54);3-5,10,13,15,17,22,29,31,33,35-36H,6-9,28H2,1-2H3;1-2,4,6-7,15-16H,3H2,(H2,12,13,17)/t31-,32-,33+,35-,36+,37+,38-,40-,45+,46-,47+;10-,13-,15-,17-,22+,27-;4-,6-,7-/m001/s1. The van der Waals surface area contributed by atoms with Gasteiger partial charge in [-0.2, -0.15) is 13.8 Å². The van der Waals surface area contributed by atoms with Gasteiger partial charge in [-0.25, -0.2) is 14.4 Å². The summed E-state index contributed by atoms with van der Waals surface area (Å²) >= 11 is 0. The summed E-state index contributed by atoms with van der Waals surface area (Å²) in [4.78, 5) is 138. The molecule has 1 amide bonds. The normalized spacial score (nSPS) is 31.0. The van der Waals surface area contributed by atoms with E-state index >= 15 is 4.79 Å². The SMILES string of the molecule is CC(=O)O[C@H]1C(=O)[C@@]2(C)[C@H]([C@H](OC(=O)c3ccccc3)[C@]3(O)C[C@H](OC(=O)[C@H](O)[C@@H](NC(=O)c4ccccc4)c4ccccc4)C(C)=C1C3(C)C)[C@]1(OC(C)=O)CO[C@@H]1C[C@@H]2O.COc1cccc2c1C(=O)c1c(O)c3c(c(O)c1C2=O)C[C@@](O)(C(=O)CO)C[C@@H]3O[C@H]1C[C@H](N)[C@H](O)[C@H](C)O1.Nc1ccn([C@@H]2O[C@H](CO)[C@@H](O)C2(F)F)c(=O)n1. The van der Waals surface area contributed by atoms with Gasteiger partial charge in [0.15, 0.2) is 47.6 Å². The second-order valence-electron chi connectivity index (χ2n) is 31.4. The number of phenols is 2. The molecule has 0 radical (unpaired) electrons. The zero-order valence-corrected chi connectivity index (χ0v) is 65.5. The number of Topliss-reactive ketones (excluding diaryl/α,β-unsaturated/α-hetero) is 2. The molecular formula is C83H91F2N5O29. The Morgan fingerprint density at radius 1 is 0.765 bits per heavy atom. The van der Waals surface area contributed by atoms with E-state index in [9.17, 15) is 97.9 Å². The third kappa shape index (κ3) is 15.5. The number of rotatable bonds is 17. The van der Waals surface area contributed by atoms with Crippen molar-refractivity contribution in [1.29, 1.82) is 0 Å². The quantitative estimate of drug-likeness (QED) is 0.0269. The van der Waals surface area contributed by atoms with E-state index in [2.05, 4.69) is 10.3 Å². The minimum atomic E-state index is -3.71. The highest BCUT2D eigenvalue weighted by molar-refractivity contribution is 6.31. The highest BCUT2D eigenvalue weighted by atomic mass is 19.3. The maximum absolute atomic E-state index is 15.5. The fraction of sp³-hybridized carbons (Fsp3) is 0.458. The molecule has 15 N–H and O–H groups in total. The van der Waals surface area contributed by atoms with Crippen molar-refractivity contribution in [2.24, 2.45) is 22.5 Å². The van der Waals surface area contributed by atoms with Gasteiger partial charge in [-0.3, -0.25) is 38.1 Å². The predicted molar refractivity (Wildman–Crippen MR) is 404 cm³/mol. The highest BCUT2D eigenvalue weighted by Crippen LogP contribution is 2.65. The highest BCUT2D eigenvalue weighted by Gasteiger charge is 2.79. The van der Waals surface area contributed by atoms with Crippen molar-refractivity contribution < 1.29 is 146 Å². The van der Waals surface area contributed by atoms with Gasteiger partial charge in [0.25, 0.3) is 5.91 Å². The lowest BCUT2D eigenvalue weighted by molar-refractivity contribution is -0.346. The van der Waals surface area contributed by atoms with Gasteiger partial charge in [-0.05, 0) is 73.9 Å². The number of halogens is 2. The fourth-order valence-corrected chi connectivity index (χ4v) is 17.7. The van der Waals surface area contributed by atoms with Crippen LogP contribution in [0.3, 0.4) is 0 Å². The molecule has 1 aromatic heterocycles. The first-order valence-electron chi connectivity index (χ1n) is 37.9. The molecular weight excluding hydrogens is 1570 g/mol. The molecule has 4 heterocycles. The third-order valence-electron chi connectivity index (χ3n) is 23.9. The van der Waals surface area contributed by atoms with Crippen molar-refractivity contribution in [2.45, 2.75) is 195 Å². The number of aliphatic hydroxyl groups excluding tert-OH is 6. The molecule has 636 valence electrons. The van der Waals surface area contributed by atoms with E-state index in [0.717, 1.165) is 26.1 Å². The summed E-state index contributed by atoms with van der Waals surface area (Å²) in [7, 11) is 1.32. The first-order chi connectivity index (χ1) is 56.1. The molecule has 0 unspecified atom stereocenters. The zero-order chi connectivity index (χ0) is 86.8. The van der Waals surface area contributed by atoms with Gasteiger partial charge in [0.05, 0.1) is 84.4 Å². The van der Waals surface area contributed by atoms with Crippen LogP contribution in [0.25, 0.3) is 0 Å². The topological polar surface area (TPSA) is 538 Å². The first-order valence-corrected chi connectivity index (χ1v) is 37.9. The van der Waals surface area contributed by atoms with Crippen LogP contribution in [0.2, 0.25) is 0 Å². The molecule has 5 aromatic carbocycles. The van der Waals surface area contributed by atoms with Gasteiger partial charge in [-0.15, -0.1) is 0 Å². The average Bonchev–Trinajstić information content (AvgIpc) is 0.808. The number of amides is 1. The number of carbonyl (C=O) groups excluding carboxylic acids is 9. The Morgan fingerprint density at radius 2 is 1.39 bits per heavy atom. The number of nitrogens with zero attached hydrogens (tertiary/aromatic N) is 2. The van der Waals surface area contributed by atoms with E-state index in [1.54, 1.807) is 99.6 Å². The van der Waals surface area contributed by atoms with Crippen LogP contribution in [-0.4, -0.2) is 237 Å². The number of aliphatic hydroxyl groups is 8. The molecule has 6 aromatic rings. The predicted octanol–water partition coefficient (Wildman–Crippen LogP) is 2.45. The van der Waals surface area contributed by atoms with Crippen LogP contribution in [0, 0.1) is 16.7 Å². The number of phenolic OH excluding ortho intramolecular Hbond substituents is 2. The summed E-state index contributed by atoms with van der Waals surface area (Å²) in [6.45, 7) is 7.75. The molecule has 119 heavy (non-hydrogen) atoms. The Balaban J connectivity index is 0.000000192. The second kappa shape index (κ2) is 33.5. The van der Waals surface area contributed by atoms with Crippen LogP contribution in [-0.2, 0) is 68.3 Å². The first kappa shape index (κ1) is 87.6. The van der Waals surface area contributed by atoms with Gasteiger partial charge in [0.2, 0.25) is 12.0 Å². The smallest absolute Gasteiger partial charge is 0.351 e. The fourth-order valence-electron chi connectivity index (χ4n) is 17.7. The molecule has 8 aliphatic rings. The molecule has 0 spiro atoms. The average molecular weight is 1660 g/mol. The minimum Gasteiger partial charge on any atom is -0.507 e. The number of hydrogen-bond donors (Lipinski definition) is 13. The number of ketones is 4. The Morgan fingerprint density at radius 3 is 1.97 bits per heavy atom. The van der Waals surface area contributed by atoms with Gasteiger partial charge >= 0.3 is 35.5 Å². The lowest BCUT2D eigenvalue weighted by Crippen LogP contribution is -2.82. The Labute approximate surface area is 677 Å². The molecule has 3 aliphatic heterocycles. The number of anilines is 1. The van der Waals surface area contributed by atoms with Crippen molar-refractivity contribution in [3.63, 3.8) is 0 Å². The van der Waals surface area contributed by atoms with Crippen molar-refractivity contribution in [1.82, 2.24) is 14.9 Å². The molecule has 34 nitrogen and oxygen atoms in total. The molecule has 2 bridgehead atoms. The van der Waals surface area contributed by atoms with Crippen LogP contribution in [0.15, 0.2) is 137 Å². The van der Waals surface area contributed by atoms with Crippen LogP contribution in [0.5, 0.6) is 17.2 Å². The number of aromatic hydroxyl groups is 2. The van der Waals surface area contributed by atoms with Crippen molar-refractivity contribution >= 4 is 58.7 Å². The number of benzene rings is 5. The van der Waals surface area contributed by atoms with E-state index in [-0.39, 0.29) is 75.5 Å². The van der Waals surface area contributed by atoms with Gasteiger partial charge in [0, 0.05) is 85.9 Å². The lowest BCUT2D eigenvalue weighted by Gasteiger charge is -2.67. The largest absolute Gasteiger partial charge is 0.507 e. The van der Waals surface area contributed by atoms with E-state index in [1.807, 2.05) is 0 Å². The third-order valence-corrected chi connectivity index (χ3v) is 23.9. The number of nitrogen functional groups attached to an aromatic ring is 1. The number of ether oxygens (including phenoxy) is 9. The molecule has 20 atom stereocenters. The lowest BCUT2D eigenvalue weighted by atomic mass is 9.44. The van der Waals surface area contributed by atoms with Crippen molar-refractivity contribution in [3.05, 3.63) is 193 Å². The Bertz CT molecular complexity index is 5060. The number of esters is 4. The molecule has 5 fully saturated rings. The number of nitrogens with one attached hydrogen (secondary N) is 1. The van der Waals surface area contributed by atoms with Crippen LogP contribution < -0.4 is 27.2 Å². The van der Waals surface area contributed by atoms with Crippen LogP contribution in [0.1, 0.15) is 162 Å². The molecule has 3 saturated heterocycles. The number of alkyl halides is 2. The maximum atomic E-state index is 15.5. The van der Waals surface area contributed by atoms with E-state index in [1.165, 1.54) is 51.3 Å². The molecule has 2 saturated carbocycles. The summed E-state index contributed by atoms with van der Waals surface area (Å²) in [5.74, 6) is -14.4. The van der Waals surface area contributed by atoms with E-state index < -0.39 is 245 Å². The maximum Gasteiger partial charge on any atom is 0.351 e. The molecule has 5 aliphatic carbocycles. The van der Waals surface area contributed by atoms with E-state index in [0.29, 0.717) is 10.1 Å². The zero-order valence-electron chi connectivity index (χ0n) is 65.5. The second-order valence-corrected chi connectivity index (χ2v) is 31.4. The number of nitrogens with two attached hydrogens (primary N) is 2. The van der Waals surface area contributed by atoms with Crippen molar-refractivity contribution in [2.75, 3.05) is 32.7 Å².